The number of carboxylic acid groups (broad SMARTS) is 1. The van der Waals surface area contributed by atoms with Crippen LogP contribution in [0.4, 0.5) is 0 Å². The van der Waals surface area contributed by atoms with E-state index in [9.17, 15) is 9.90 Å². The van der Waals surface area contributed by atoms with Crippen LogP contribution in [0.2, 0.25) is 0 Å². The Kier molecular flexibility index (Phi) is 4.71. The van der Waals surface area contributed by atoms with Gasteiger partial charge in [-0.3, -0.25) is 4.79 Å². The number of ether oxygens (including phenoxy) is 2. The highest BCUT2D eigenvalue weighted by molar-refractivity contribution is 5.88. The molecule has 28 heavy (non-hydrogen) atoms. The highest BCUT2D eigenvalue weighted by Crippen LogP contribution is 2.47. The fraction of sp³-hybridized carbons (Fsp3) is 0.364. The Labute approximate surface area is 163 Å². The lowest BCUT2D eigenvalue weighted by molar-refractivity contribution is -0.140. The highest BCUT2D eigenvalue weighted by atomic mass is 16.5. The molecule has 146 valence electrons. The Morgan fingerprint density at radius 3 is 2.54 bits per heavy atom. The molecule has 1 aliphatic rings. The van der Waals surface area contributed by atoms with Gasteiger partial charge in [0.25, 0.3) is 0 Å². The zero-order valence-corrected chi connectivity index (χ0v) is 16.3. The largest absolute Gasteiger partial charge is 0.497 e. The van der Waals surface area contributed by atoms with Crippen LogP contribution in [0.15, 0.2) is 36.4 Å². The van der Waals surface area contributed by atoms with Crippen LogP contribution in [-0.2, 0) is 4.79 Å². The fourth-order valence-electron chi connectivity index (χ4n) is 4.22. The number of methoxy groups -OCH3 is 2. The summed E-state index contributed by atoms with van der Waals surface area (Å²) in [4.78, 5) is 17.2. The number of hydrogen-bond acceptors (Lipinski definition) is 4. The molecular formula is C22H24N2O4. The van der Waals surface area contributed by atoms with Crippen molar-refractivity contribution in [3.8, 4) is 22.9 Å². The number of aromatic nitrogens is 2. The van der Waals surface area contributed by atoms with Gasteiger partial charge in [0.2, 0.25) is 0 Å². The molecule has 1 aromatic heterocycles. The Balaban J connectivity index is 2.03. The zero-order valence-electron chi connectivity index (χ0n) is 16.3. The molecule has 0 saturated carbocycles. The third kappa shape index (κ3) is 2.80. The molecule has 0 fully saturated rings. The molecule has 2 atom stereocenters. The number of aliphatic carboxylic acids is 1. The first-order valence-corrected chi connectivity index (χ1v) is 9.56. The molecule has 1 aliphatic heterocycles. The Bertz CT molecular complexity index is 1040. The predicted molar refractivity (Wildman–Crippen MR) is 107 cm³/mol. The van der Waals surface area contributed by atoms with E-state index in [4.69, 9.17) is 14.5 Å². The number of carboxylic acids is 1. The summed E-state index contributed by atoms with van der Waals surface area (Å²) in [5.74, 6) is 0.709. The van der Waals surface area contributed by atoms with E-state index in [-0.39, 0.29) is 6.04 Å². The molecule has 4 rings (SSSR count). The molecule has 6 heteroatoms. The minimum atomic E-state index is -0.828. The van der Waals surface area contributed by atoms with Gasteiger partial charge < -0.3 is 19.1 Å². The maximum absolute atomic E-state index is 12.4. The summed E-state index contributed by atoms with van der Waals surface area (Å²) in [5, 5.41) is 10.2. The van der Waals surface area contributed by atoms with E-state index in [0.717, 1.165) is 53.0 Å². The molecule has 1 N–H and O–H groups in total. The average molecular weight is 380 g/mol. The van der Waals surface area contributed by atoms with Gasteiger partial charge in [-0.2, -0.15) is 0 Å². The summed E-state index contributed by atoms with van der Waals surface area (Å²) >= 11 is 0. The van der Waals surface area contributed by atoms with Crippen LogP contribution in [0.3, 0.4) is 0 Å². The van der Waals surface area contributed by atoms with E-state index < -0.39 is 11.9 Å². The third-order valence-corrected chi connectivity index (χ3v) is 5.57. The normalized spacial score (nSPS) is 17.8. The second kappa shape index (κ2) is 7.19. The van der Waals surface area contributed by atoms with Crippen molar-refractivity contribution in [2.75, 3.05) is 14.2 Å². The molecule has 0 saturated heterocycles. The van der Waals surface area contributed by atoms with Crippen LogP contribution in [0.1, 0.15) is 43.7 Å². The molecule has 6 nitrogen and oxygen atoms in total. The number of imidazole rings is 1. The van der Waals surface area contributed by atoms with Crippen LogP contribution in [-0.4, -0.2) is 34.8 Å². The molecule has 0 spiro atoms. The van der Waals surface area contributed by atoms with E-state index in [1.807, 2.05) is 36.4 Å². The monoisotopic (exact) mass is 380 g/mol. The number of carbonyl (C=O) groups is 1. The molecule has 0 bridgehead atoms. The fourth-order valence-corrected chi connectivity index (χ4v) is 4.22. The second-order valence-corrected chi connectivity index (χ2v) is 7.14. The SMILES string of the molecule is CCCCC1C(C(=O)O)c2cc(OC)ccc2-c2nc3ccc(OC)cc3n21. The van der Waals surface area contributed by atoms with Gasteiger partial charge in [0.1, 0.15) is 23.2 Å². The van der Waals surface area contributed by atoms with Crippen LogP contribution < -0.4 is 9.47 Å². The molecule has 2 aromatic carbocycles. The van der Waals surface area contributed by atoms with Crippen molar-refractivity contribution in [3.05, 3.63) is 42.0 Å². The van der Waals surface area contributed by atoms with Crippen LogP contribution in [0.5, 0.6) is 11.5 Å². The van der Waals surface area contributed by atoms with E-state index in [2.05, 4.69) is 11.5 Å². The lowest BCUT2D eigenvalue weighted by Crippen LogP contribution is -2.29. The van der Waals surface area contributed by atoms with Gasteiger partial charge in [-0.15, -0.1) is 0 Å². The molecule has 0 amide bonds. The first kappa shape index (κ1) is 18.3. The molecule has 3 aromatic rings. The summed E-state index contributed by atoms with van der Waals surface area (Å²) in [6.45, 7) is 2.12. The lowest BCUT2D eigenvalue weighted by atomic mass is 9.82. The van der Waals surface area contributed by atoms with Gasteiger partial charge in [0.15, 0.2) is 0 Å². The number of rotatable bonds is 6. The molecule has 2 heterocycles. The molecule has 0 aliphatic carbocycles. The summed E-state index contributed by atoms with van der Waals surface area (Å²) in [6.07, 6.45) is 2.70. The van der Waals surface area contributed by atoms with Crippen molar-refractivity contribution in [3.63, 3.8) is 0 Å². The average Bonchev–Trinajstić information content (AvgIpc) is 3.09. The molecule has 2 unspecified atom stereocenters. The highest BCUT2D eigenvalue weighted by Gasteiger charge is 2.40. The van der Waals surface area contributed by atoms with E-state index in [0.29, 0.717) is 5.75 Å². The summed E-state index contributed by atoms with van der Waals surface area (Å²) in [5.41, 5.74) is 3.35. The number of benzene rings is 2. The van der Waals surface area contributed by atoms with Gasteiger partial charge in [-0.25, -0.2) is 4.98 Å². The van der Waals surface area contributed by atoms with Gasteiger partial charge >= 0.3 is 5.97 Å². The van der Waals surface area contributed by atoms with Crippen molar-refractivity contribution in [1.29, 1.82) is 0 Å². The van der Waals surface area contributed by atoms with Gasteiger partial charge in [-0.05, 0) is 42.3 Å². The minimum absolute atomic E-state index is 0.218. The van der Waals surface area contributed by atoms with Crippen molar-refractivity contribution < 1.29 is 19.4 Å². The topological polar surface area (TPSA) is 73.6 Å². The van der Waals surface area contributed by atoms with E-state index >= 15 is 0 Å². The smallest absolute Gasteiger partial charge is 0.313 e. The number of unbranched alkanes of at least 4 members (excludes halogenated alkanes) is 1. The maximum Gasteiger partial charge on any atom is 0.313 e. The van der Waals surface area contributed by atoms with Crippen LogP contribution >= 0.6 is 0 Å². The van der Waals surface area contributed by atoms with E-state index in [1.165, 1.54) is 0 Å². The van der Waals surface area contributed by atoms with Gasteiger partial charge in [-0.1, -0.05) is 19.8 Å². The van der Waals surface area contributed by atoms with Crippen molar-refractivity contribution in [1.82, 2.24) is 9.55 Å². The first-order valence-electron chi connectivity index (χ1n) is 9.56. The minimum Gasteiger partial charge on any atom is -0.497 e. The quantitative estimate of drug-likeness (QED) is 0.675. The van der Waals surface area contributed by atoms with Gasteiger partial charge in [0.05, 0.1) is 31.3 Å². The predicted octanol–water partition coefficient (Wildman–Crippen LogP) is 4.63. The standard InChI is InChI=1S/C22H24N2O4/c1-4-5-6-18-20(22(25)26)16-11-13(27-2)7-9-15(16)21-23-17-10-8-14(28-3)12-19(17)24(18)21/h7-12,18,20H,4-6H2,1-3H3,(H,25,26). The van der Waals surface area contributed by atoms with Crippen molar-refractivity contribution in [2.45, 2.75) is 38.1 Å². The van der Waals surface area contributed by atoms with E-state index in [1.54, 1.807) is 14.2 Å². The first-order chi connectivity index (χ1) is 13.6. The maximum atomic E-state index is 12.4. The third-order valence-electron chi connectivity index (χ3n) is 5.57. The molecular weight excluding hydrogens is 356 g/mol. The summed E-state index contributed by atoms with van der Waals surface area (Å²) in [7, 11) is 3.22. The summed E-state index contributed by atoms with van der Waals surface area (Å²) < 4.78 is 12.9. The van der Waals surface area contributed by atoms with Crippen LogP contribution in [0, 0.1) is 0 Å². The Morgan fingerprint density at radius 1 is 1.14 bits per heavy atom. The lowest BCUT2D eigenvalue weighted by Gasteiger charge is -2.33. The Morgan fingerprint density at radius 2 is 1.86 bits per heavy atom. The van der Waals surface area contributed by atoms with Crippen molar-refractivity contribution >= 4 is 17.0 Å². The number of hydrogen-bond donors (Lipinski definition) is 1. The zero-order chi connectivity index (χ0) is 19.8. The number of fused-ring (bicyclic) bond motifs is 5. The molecule has 0 radical (unpaired) electrons. The van der Waals surface area contributed by atoms with Gasteiger partial charge in [0, 0.05) is 11.6 Å². The summed E-state index contributed by atoms with van der Waals surface area (Å²) in [6, 6.07) is 11.1. The number of nitrogens with zero attached hydrogens (tertiary/aromatic N) is 2. The van der Waals surface area contributed by atoms with Crippen LogP contribution in [0.25, 0.3) is 22.4 Å². The van der Waals surface area contributed by atoms with Crippen molar-refractivity contribution in [2.24, 2.45) is 0 Å². The second-order valence-electron chi connectivity index (χ2n) is 7.14. The Hall–Kier alpha value is -3.02.